The fourth-order valence-corrected chi connectivity index (χ4v) is 0. The Morgan fingerprint density at radius 3 is 0.273 bits per heavy atom. The number of carbonyl (C=O) groups is 6. The minimum absolute atomic E-state index is 0. The van der Waals surface area contributed by atoms with Gasteiger partial charge in [0.25, 0.3) is 0 Å². The summed E-state index contributed by atoms with van der Waals surface area (Å²) in [6.07, 6.45) is 0. The Hall–Kier alpha value is -1.93. The van der Waals surface area contributed by atoms with Crippen molar-refractivity contribution in [2.45, 2.75) is 125 Å². The molecule has 0 aliphatic rings. The Morgan fingerprint density at radius 2 is 0.273 bits per heavy atom. The first-order valence-corrected chi connectivity index (χ1v) is 13.1. The third kappa shape index (κ3) is 52.7. The van der Waals surface area contributed by atoms with Crippen LogP contribution < -0.4 is 0 Å². The van der Waals surface area contributed by atoms with E-state index in [0.717, 1.165) is 0 Å². The third-order valence-electron chi connectivity index (χ3n) is 3.85. The molecule has 0 aromatic rings. The molecule has 0 aliphatic heterocycles. The molecular weight excluding hydrogens is 758 g/mol. The summed E-state index contributed by atoms with van der Waals surface area (Å²) >= 11 is 0. The van der Waals surface area contributed by atoms with Crippen molar-refractivity contribution in [3.63, 3.8) is 0 Å². The molecule has 0 aliphatic carbocycles. The van der Waals surface area contributed by atoms with Crippen LogP contribution in [0.15, 0.2) is 0 Å². The summed E-state index contributed by atoms with van der Waals surface area (Å²) in [7, 11) is 0. The van der Waals surface area contributed by atoms with Crippen LogP contribution in [0.3, 0.4) is 0 Å². The van der Waals surface area contributed by atoms with E-state index in [1.165, 1.54) is 0 Å². The molecule has 0 amide bonds. The van der Waals surface area contributed by atoms with Crippen molar-refractivity contribution in [1.82, 2.24) is 0 Å². The molecule has 0 aromatic heterocycles. The first-order valence-electron chi connectivity index (χ1n) is 13.1. The number of carboxylic acid groups (broad SMARTS) is 6. The van der Waals surface area contributed by atoms with Crippen LogP contribution in [-0.2, 0) is 67.7 Å². The molecule has 0 rings (SSSR count). The van der Waals surface area contributed by atoms with Gasteiger partial charge in [-0.3, -0.25) is 28.8 Å². The zero-order chi connectivity index (χ0) is 36.5. The van der Waals surface area contributed by atoms with Crippen molar-refractivity contribution in [2.24, 2.45) is 32.5 Å². The van der Waals surface area contributed by atoms with Gasteiger partial charge in [-0.25, -0.2) is 0 Å². The number of carboxylic acids is 6. The molecule has 2 radical (unpaired) electrons. The number of aliphatic carboxylic acids is 6. The van der Waals surface area contributed by atoms with Gasteiger partial charge in [0.1, 0.15) is 0 Å². The molecule has 12 nitrogen and oxygen atoms in total. The molecule has 44 heavy (non-hydrogen) atoms. The van der Waals surface area contributed by atoms with Crippen LogP contribution in [0.25, 0.3) is 0 Å². The van der Waals surface area contributed by atoms with Crippen LogP contribution in [0.2, 0.25) is 0 Å². The van der Waals surface area contributed by atoms with Gasteiger partial charge in [0.05, 0.1) is 32.5 Å². The molecule has 0 fully saturated rings. The monoisotopic (exact) mass is 818 g/mol. The van der Waals surface area contributed by atoms with E-state index in [1.807, 2.05) is 0 Å². The Bertz CT molecular complexity index is 669. The van der Waals surface area contributed by atoms with Crippen LogP contribution in [0.5, 0.6) is 0 Å². The SMILES string of the molecule is CC(C)(C)C(=O)O.CC(C)(C)C(=O)O.CC(C)(C)C(=O)O.CC(C)(C)C(=O)O.CC(C)(C)C(=O)O.CC(C)(C)C(=O)O.[Rh].[Rh]. The van der Waals surface area contributed by atoms with Crippen molar-refractivity contribution in [3.05, 3.63) is 0 Å². The third-order valence-corrected chi connectivity index (χ3v) is 3.85. The van der Waals surface area contributed by atoms with E-state index in [0.29, 0.717) is 0 Å². The molecule has 6 N–H and O–H groups in total. The first kappa shape index (κ1) is 61.1. The van der Waals surface area contributed by atoms with Crippen molar-refractivity contribution in [3.8, 4) is 0 Å². The average molecular weight is 819 g/mol. The van der Waals surface area contributed by atoms with E-state index in [-0.39, 0.29) is 39.0 Å². The molecule has 0 saturated heterocycles. The molecule has 0 aromatic carbocycles. The van der Waals surface area contributed by atoms with Crippen LogP contribution in [-0.4, -0.2) is 66.5 Å². The predicted octanol–water partition coefficient (Wildman–Crippen LogP) is 6.70. The molecule has 0 unspecified atom stereocenters. The van der Waals surface area contributed by atoms with E-state index < -0.39 is 68.3 Å². The second-order valence-electron chi connectivity index (χ2n) is 15.3. The standard InChI is InChI=1S/6C5H10O2.2Rh/c6*1-5(2,3)4(6)7;;/h6*1-3H3,(H,6,7);;. The molecule has 0 atom stereocenters. The van der Waals surface area contributed by atoms with Gasteiger partial charge in [0.2, 0.25) is 0 Å². The zero-order valence-corrected chi connectivity index (χ0v) is 33.1. The fourth-order valence-electron chi connectivity index (χ4n) is 0. The number of rotatable bonds is 0. The Morgan fingerprint density at radius 1 is 0.250 bits per heavy atom. The quantitative estimate of drug-likeness (QED) is 0.141. The van der Waals surface area contributed by atoms with Gasteiger partial charge in [-0.1, -0.05) is 0 Å². The van der Waals surface area contributed by atoms with Crippen LogP contribution in [0.1, 0.15) is 125 Å². The van der Waals surface area contributed by atoms with E-state index in [2.05, 4.69) is 0 Å². The minimum atomic E-state index is -0.757. The minimum Gasteiger partial charge on any atom is -0.481 e. The first-order chi connectivity index (χ1) is 17.7. The second-order valence-corrected chi connectivity index (χ2v) is 15.3. The molecule has 14 heteroatoms. The van der Waals surface area contributed by atoms with Gasteiger partial charge >= 0.3 is 35.8 Å². The van der Waals surface area contributed by atoms with E-state index in [9.17, 15) is 28.8 Å². The molecule has 0 spiro atoms. The number of hydrogen-bond acceptors (Lipinski definition) is 6. The van der Waals surface area contributed by atoms with Crippen LogP contribution >= 0.6 is 0 Å². The molecule has 270 valence electrons. The van der Waals surface area contributed by atoms with Gasteiger partial charge in [0.15, 0.2) is 0 Å². The maximum absolute atomic E-state index is 10.0. The normalized spacial score (nSPS) is 10.8. The van der Waals surface area contributed by atoms with E-state index in [4.69, 9.17) is 30.6 Å². The van der Waals surface area contributed by atoms with Crippen LogP contribution in [0, 0.1) is 32.5 Å². The summed E-state index contributed by atoms with van der Waals surface area (Å²) in [5.41, 5.74) is -3.50. The maximum Gasteiger partial charge on any atom is 0.308 e. The smallest absolute Gasteiger partial charge is 0.308 e. The van der Waals surface area contributed by atoms with Gasteiger partial charge in [-0.2, -0.15) is 0 Å². The summed E-state index contributed by atoms with van der Waals surface area (Å²) in [5, 5.41) is 49.5. The van der Waals surface area contributed by atoms with Gasteiger partial charge in [-0.15, -0.1) is 0 Å². The largest absolute Gasteiger partial charge is 0.481 e. The van der Waals surface area contributed by atoms with E-state index >= 15 is 0 Å². The van der Waals surface area contributed by atoms with Gasteiger partial charge < -0.3 is 30.6 Å². The van der Waals surface area contributed by atoms with Crippen LogP contribution in [0.4, 0.5) is 0 Å². The zero-order valence-electron chi connectivity index (χ0n) is 29.8. The fraction of sp³-hybridized carbons (Fsp3) is 0.800. The Labute approximate surface area is 290 Å². The van der Waals surface area contributed by atoms with Gasteiger partial charge in [0, 0.05) is 39.0 Å². The molecule has 0 heterocycles. The van der Waals surface area contributed by atoms with Crippen molar-refractivity contribution < 1.29 is 98.4 Å². The summed E-state index contributed by atoms with van der Waals surface area (Å²) in [6.45, 7) is 29.9. The number of hydrogen-bond donors (Lipinski definition) is 6. The molecule has 0 saturated carbocycles. The summed E-state index contributed by atoms with van der Waals surface area (Å²) in [6, 6.07) is 0. The average Bonchev–Trinajstić information content (AvgIpc) is 2.65. The Kier molecular flexibility index (Phi) is 33.8. The summed E-state index contributed by atoms with van der Waals surface area (Å²) < 4.78 is 0. The maximum atomic E-state index is 10.0. The second kappa shape index (κ2) is 24.3. The Balaban J connectivity index is -0.0000000584. The summed E-state index contributed by atoms with van der Waals surface area (Å²) in [5.74, 6) is -4.54. The van der Waals surface area contributed by atoms with Crippen molar-refractivity contribution in [2.75, 3.05) is 0 Å². The molecule has 0 bridgehead atoms. The van der Waals surface area contributed by atoms with Crippen molar-refractivity contribution in [1.29, 1.82) is 0 Å². The predicted molar refractivity (Wildman–Crippen MR) is 163 cm³/mol. The van der Waals surface area contributed by atoms with Crippen molar-refractivity contribution >= 4 is 35.8 Å². The van der Waals surface area contributed by atoms with E-state index in [1.54, 1.807) is 125 Å². The topological polar surface area (TPSA) is 224 Å². The molecular formula is C30H60O12Rh2. The summed E-state index contributed by atoms with van der Waals surface area (Å²) in [4.78, 5) is 60.1. The van der Waals surface area contributed by atoms with Gasteiger partial charge in [-0.05, 0) is 125 Å².